The van der Waals surface area contributed by atoms with Gasteiger partial charge in [0.1, 0.15) is 0 Å². The second-order valence-corrected chi connectivity index (χ2v) is 6.59. The third kappa shape index (κ3) is 3.79. The average molecular weight is 405 g/mol. The van der Waals surface area contributed by atoms with Crippen LogP contribution in [0.2, 0.25) is 0 Å². The molecule has 3 rings (SSSR count). The van der Waals surface area contributed by atoms with Crippen LogP contribution >= 0.6 is 11.3 Å². The van der Waals surface area contributed by atoms with Gasteiger partial charge in [-0.1, -0.05) is 17.3 Å². The molecule has 0 aliphatic heterocycles. The van der Waals surface area contributed by atoms with E-state index < -0.39 is 22.6 Å². The molecular formula is C18H10F3N3O3S. The molecule has 0 aliphatic rings. The highest BCUT2D eigenvalue weighted by Crippen LogP contribution is 2.29. The number of aromatic nitrogens is 1. The van der Waals surface area contributed by atoms with Crippen LogP contribution < -0.4 is 4.80 Å². The number of fused-ring (bicyclic) bond motifs is 1. The molecule has 1 aromatic heterocycles. The fraction of sp³-hybridized carbons (Fsp3) is 0.111. The number of halogens is 3. The van der Waals surface area contributed by atoms with Gasteiger partial charge in [0, 0.05) is 17.7 Å². The number of nitro benzene ring substituents is 1. The number of non-ortho nitro benzene ring substituents is 1. The van der Waals surface area contributed by atoms with E-state index in [1.807, 2.05) is 0 Å². The number of benzene rings is 2. The second-order valence-electron chi connectivity index (χ2n) is 5.58. The van der Waals surface area contributed by atoms with E-state index in [0.717, 1.165) is 35.6 Å². The largest absolute Gasteiger partial charge is 0.416 e. The van der Waals surface area contributed by atoms with Gasteiger partial charge in [0.2, 0.25) is 0 Å². The first kappa shape index (κ1) is 19.3. The summed E-state index contributed by atoms with van der Waals surface area (Å²) in [6.45, 7) is 0.0664. The van der Waals surface area contributed by atoms with Crippen LogP contribution in [-0.4, -0.2) is 15.4 Å². The van der Waals surface area contributed by atoms with Gasteiger partial charge >= 0.3 is 6.18 Å². The minimum Gasteiger partial charge on any atom is -0.305 e. The molecule has 2 aromatic carbocycles. The highest BCUT2D eigenvalue weighted by molar-refractivity contribution is 7.16. The predicted octanol–water partition coefficient (Wildman–Crippen LogP) is 4.00. The molecule has 0 saturated heterocycles. The summed E-state index contributed by atoms with van der Waals surface area (Å²) >= 11 is 1.02. The number of hydrogen-bond donors (Lipinski definition) is 0. The molecule has 0 atom stereocenters. The van der Waals surface area contributed by atoms with Gasteiger partial charge in [-0.25, -0.2) is 0 Å². The van der Waals surface area contributed by atoms with E-state index in [-0.39, 0.29) is 22.6 Å². The minimum absolute atomic E-state index is 0.0244. The van der Waals surface area contributed by atoms with Crippen molar-refractivity contribution in [3.63, 3.8) is 0 Å². The molecule has 0 unspecified atom stereocenters. The van der Waals surface area contributed by atoms with Gasteiger partial charge in [-0.2, -0.15) is 18.2 Å². The molecule has 0 radical (unpaired) electrons. The van der Waals surface area contributed by atoms with Crippen LogP contribution in [0.15, 0.2) is 47.5 Å². The summed E-state index contributed by atoms with van der Waals surface area (Å²) in [6.07, 6.45) is 0.844. The van der Waals surface area contributed by atoms with Crippen molar-refractivity contribution in [1.29, 1.82) is 0 Å². The van der Waals surface area contributed by atoms with Gasteiger partial charge in [0.05, 0.1) is 27.2 Å². The monoisotopic (exact) mass is 405 g/mol. The Morgan fingerprint density at radius 2 is 1.93 bits per heavy atom. The van der Waals surface area contributed by atoms with Crippen molar-refractivity contribution in [2.75, 3.05) is 0 Å². The number of carbonyl (C=O) groups is 1. The Morgan fingerprint density at radius 1 is 1.25 bits per heavy atom. The van der Waals surface area contributed by atoms with Crippen LogP contribution in [0.5, 0.6) is 0 Å². The molecule has 3 aromatic rings. The van der Waals surface area contributed by atoms with E-state index in [0.29, 0.717) is 10.2 Å². The lowest BCUT2D eigenvalue weighted by Gasteiger charge is -2.06. The average Bonchev–Trinajstić information content (AvgIpc) is 2.98. The lowest BCUT2D eigenvalue weighted by molar-refractivity contribution is -0.384. The van der Waals surface area contributed by atoms with Gasteiger partial charge in [-0.3, -0.25) is 14.9 Å². The van der Waals surface area contributed by atoms with E-state index in [2.05, 4.69) is 10.9 Å². The topological polar surface area (TPSA) is 77.5 Å². The Kier molecular flexibility index (Phi) is 5.02. The summed E-state index contributed by atoms with van der Waals surface area (Å²) in [4.78, 5) is 26.9. The number of nitrogens with zero attached hydrogens (tertiary/aromatic N) is 3. The summed E-state index contributed by atoms with van der Waals surface area (Å²) < 4.78 is 39.9. The summed E-state index contributed by atoms with van der Waals surface area (Å²) in [5.74, 6) is 1.67. The molecule has 0 bridgehead atoms. The van der Waals surface area contributed by atoms with Crippen molar-refractivity contribution in [3.05, 3.63) is 68.5 Å². The number of amides is 1. The summed E-state index contributed by atoms with van der Waals surface area (Å²) in [7, 11) is 0. The van der Waals surface area contributed by atoms with Crippen molar-refractivity contribution in [2.45, 2.75) is 12.7 Å². The van der Waals surface area contributed by atoms with Crippen LogP contribution in [0.1, 0.15) is 15.9 Å². The lowest BCUT2D eigenvalue weighted by Crippen LogP contribution is -2.16. The molecule has 0 spiro atoms. The van der Waals surface area contributed by atoms with Gasteiger partial charge < -0.3 is 4.57 Å². The van der Waals surface area contributed by atoms with Gasteiger partial charge in [0.15, 0.2) is 4.80 Å². The molecule has 28 heavy (non-hydrogen) atoms. The number of carbonyl (C=O) groups excluding carboxylic acids is 1. The van der Waals surface area contributed by atoms with E-state index in [4.69, 9.17) is 6.42 Å². The van der Waals surface area contributed by atoms with Crippen molar-refractivity contribution in [1.82, 2.24) is 4.57 Å². The number of alkyl halides is 3. The number of thiazole rings is 1. The Labute approximate surface area is 159 Å². The first-order valence-electron chi connectivity index (χ1n) is 7.68. The first-order valence-corrected chi connectivity index (χ1v) is 8.50. The fourth-order valence-corrected chi connectivity index (χ4v) is 3.52. The van der Waals surface area contributed by atoms with Crippen LogP contribution in [0, 0.1) is 22.5 Å². The third-order valence-corrected chi connectivity index (χ3v) is 4.82. The van der Waals surface area contributed by atoms with Gasteiger partial charge in [0.25, 0.3) is 11.6 Å². The summed E-state index contributed by atoms with van der Waals surface area (Å²) in [5.41, 5.74) is -0.459. The first-order chi connectivity index (χ1) is 13.2. The Bertz CT molecular complexity index is 1190. The third-order valence-electron chi connectivity index (χ3n) is 3.78. The second kappa shape index (κ2) is 7.28. The van der Waals surface area contributed by atoms with Crippen LogP contribution in [0.3, 0.4) is 0 Å². The van der Waals surface area contributed by atoms with Crippen molar-refractivity contribution < 1.29 is 22.9 Å². The zero-order valence-electron chi connectivity index (χ0n) is 13.9. The minimum atomic E-state index is -4.51. The molecule has 1 heterocycles. The smallest absolute Gasteiger partial charge is 0.305 e. The number of hydrogen-bond acceptors (Lipinski definition) is 4. The summed E-state index contributed by atoms with van der Waals surface area (Å²) in [6, 6.07) is 7.83. The molecule has 0 N–H and O–H groups in total. The predicted molar refractivity (Wildman–Crippen MR) is 96.6 cm³/mol. The number of nitro groups is 1. The molecule has 142 valence electrons. The Morgan fingerprint density at radius 3 is 2.50 bits per heavy atom. The van der Waals surface area contributed by atoms with E-state index in [1.54, 1.807) is 0 Å². The molecule has 1 amide bonds. The van der Waals surface area contributed by atoms with Gasteiger partial charge in [-0.05, 0) is 30.3 Å². The number of rotatable bonds is 3. The van der Waals surface area contributed by atoms with E-state index in [9.17, 15) is 28.1 Å². The highest BCUT2D eigenvalue weighted by Gasteiger charge is 2.30. The van der Waals surface area contributed by atoms with Crippen molar-refractivity contribution in [2.24, 2.45) is 4.99 Å². The molecule has 0 aliphatic carbocycles. The Balaban J connectivity index is 2.07. The molecular weight excluding hydrogens is 395 g/mol. The molecule has 0 saturated carbocycles. The maximum Gasteiger partial charge on any atom is 0.416 e. The Hall–Kier alpha value is -3.45. The van der Waals surface area contributed by atoms with Crippen molar-refractivity contribution >= 4 is 33.1 Å². The quantitative estimate of drug-likeness (QED) is 0.375. The van der Waals surface area contributed by atoms with E-state index in [1.165, 1.54) is 22.8 Å². The van der Waals surface area contributed by atoms with Crippen LogP contribution in [0.25, 0.3) is 10.2 Å². The lowest BCUT2D eigenvalue weighted by atomic mass is 10.1. The normalized spacial score (nSPS) is 12.1. The summed E-state index contributed by atoms with van der Waals surface area (Å²) in [5, 5.41) is 10.9. The highest BCUT2D eigenvalue weighted by atomic mass is 32.1. The number of terminal acetylenes is 1. The molecule has 6 nitrogen and oxygen atoms in total. The zero-order valence-corrected chi connectivity index (χ0v) is 14.8. The standard InChI is InChI=1S/C18H10F3N3O3S/c1-2-9-23-14-8-7-13(24(26)27)10-15(14)28-17(23)22-16(25)11-3-5-12(6-4-11)18(19,20)21/h1,3-8,10H,9H2. The fourth-order valence-electron chi connectivity index (χ4n) is 2.46. The molecule has 10 heteroatoms. The van der Waals surface area contributed by atoms with Crippen LogP contribution in [0.4, 0.5) is 18.9 Å². The SMILES string of the molecule is C#CCn1c(=NC(=O)c2ccc(C(F)(F)F)cc2)sc2cc([N+](=O)[O-])ccc21. The van der Waals surface area contributed by atoms with E-state index >= 15 is 0 Å². The van der Waals surface area contributed by atoms with Gasteiger partial charge in [-0.15, -0.1) is 6.42 Å². The van der Waals surface area contributed by atoms with Crippen LogP contribution in [-0.2, 0) is 12.7 Å². The van der Waals surface area contributed by atoms with Crippen molar-refractivity contribution in [3.8, 4) is 12.3 Å². The molecule has 0 fully saturated rings. The maximum atomic E-state index is 12.6. The maximum absolute atomic E-state index is 12.6. The zero-order chi connectivity index (χ0) is 20.5.